The minimum absolute atomic E-state index is 0.776. The highest BCUT2D eigenvalue weighted by Crippen LogP contribution is 2.26. The van der Waals surface area contributed by atoms with Gasteiger partial charge < -0.3 is 9.40 Å². The predicted molar refractivity (Wildman–Crippen MR) is 71.2 cm³/mol. The zero-order chi connectivity index (χ0) is 12.5. The molecule has 1 aromatic carbocycles. The molecule has 0 radical (unpaired) electrons. The van der Waals surface area contributed by atoms with E-state index in [-0.39, 0.29) is 0 Å². The van der Waals surface area contributed by atoms with Crippen LogP contribution < -0.4 is 0 Å². The Hall–Kier alpha value is -2.29. The van der Waals surface area contributed by atoms with Gasteiger partial charge in [-0.1, -0.05) is 30.3 Å². The van der Waals surface area contributed by atoms with Gasteiger partial charge in [0.2, 0.25) is 0 Å². The smallest absolute Gasteiger partial charge is 0.174 e. The Kier molecular flexibility index (Phi) is 2.52. The van der Waals surface area contributed by atoms with E-state index in [1.807, 2.05) is 44.2 Å². The van der Waals surface area contributed by atoms with E-state index >= 15 is 0 Å². The largest absolute Gasteiger partial charge is 0.458 e. The van der Waals surface area contributed by atoms with E-state index in [4.69, 9.17) is 4.42 Å². The van der Waals surface area contributed by atoms with Crippen molar-refractivity contribution in [3.05, 3.63) is 53.9 Å². The second kappa shape index (κ2) is 4.18. The first-order chi connectivity index (χ1) is 8.74. The molecule has 1 N–H and O–H groups in total. The van der Waals surface area contributed by atoms with E-state index in [1.54, 1.807) is 0 Å². The molecule has 0 bridgehead atoms. The van der Waals surface area contributed by atoms with Gasteiger partial charge in [0.05, 0.1) is 11.4 Å². The van der Waals surface area contributed by atoms with E-state index in [0.717, 1.165) is 34.3 Å². The van der Waals surface area contributed by atoms with Crippen molar-refractivity contribution in [2.24, 2.45) is 0 Å². The van der Waals surface area contributed by atoms with Crippen molar-refractivity contribution in [1.29, 1.82) is 0 Å². The first-order valence-corrected chi connectivity index (χ1v) is 5.93. The maximum atomic E-state index is 5.58. The van der Waals surface area contributed by atoms with Gasteiger partial charge in [0.25, 0.3) is 0 Å². The van der Waals surface area contributed by atoms with Crippen molar-refractivity contribution in [2.45, 2.75) is 13.8 Å². The average Bonchev–Trinajstić information content (AvgIpc) is 2.97. The zero-order valence-electron chi connectivity index (χ0n) is 10.4. The quantitative estimate of drug-likeness (QED) is 0.734. The lowest BCUT2D eigenvalue weighted by Gasteiger charge is -1.97. The highest BCUT2D eigenvalue weighted by molar-refractivity contribution is 5.65. The second-order valence-corrected chi connectivity index (χ2v) is 4.32. The van der Waals surface area contributed by atoms with Gasteiger partial charge in [-0.25, -0.2) is 4.98 Å². The fraction of sp³-hybridized carbons (Fsp3) is 0.133. The van der Waals surface area contributed by atoms with Crippen molar-refractivity contribution in [2.75, 3.05) is 0 Å². The summed E-state index contributed by atoms with van der Waals surface area (Å²) in [6.45, 7) is 3.93. The van der Waals surface area contributed by atoms with Crippen LogP contribution in [0.25, 0.3) is 22.8 Å². The fourth-order valence-electron chi connectivity index (χ4n) is 2.02. The molecule has 0 atom stereocenters. The summed E-state index contributed by atoms with van der Waals surface area (Å²) >= 11 is 0. The zero-order valence-corrected chi connectivity index (χ0v) is 10.4. The Morgan fingerprint density at radius 1 is 1.00 bits per heavy atom. The second-order valence-electron chi connectivity index (χ2n) is 4.32. The summed E-state index contributed by atoms with van der Waals surface area (Å²) in [6.07, 6.45) is 0. The molecule has 2 heterocycles. The van der Waals surface area contributed by atoms with E-state index in [9.17, 15) is 0 Å². The van der Waals surface area contributed by atoms with E-state index in [0.29, 0.717) is 0 Å². The summed E-state index contributed by atoms with van der Waals surface area (Å²) in [5.41, 5.74) is 3.15. The lowest BCUT2D eigenvalue weighted by molar-refractivity contribution is 0.545. The SMILES string of the molecule is Cc1ccc(-c2nc(C)c(-c3ccccc3)[nH]2)o1. The molecule has 0 saturated carbocycles. The predicted octanol–water partition coefficient (Wildman–Crippen LogP) is 3.95. The molecule has 3 aromatic rings. The molecule has 0 unspecified atom stereocenters. The van der Waals surface area contributed by atoms with Gasteiger partial charge in [-0.15, -0.1) is 0 Å². The summed E-state index contributed by atoms with van der Waals surface area (Å²) in [5.74, 6) is 2.44. The van der Waals surface area contributed by atoms with Crippen LogP contribution in [0.2, 0.25) is 0 Å². The Morgan fingerprint density at radius 3 is 2.44 bits per heavy atom. The molecule has 0 aliphatic heterocycles. The van der Waals surface area contributed by atoms with E-state index in [1.165, 1.54) is 0 Å². The maximum absolute atomic E-state index is 5.58. The topological polar surface area (TPSA) is 41.8 Å². The number of benzene rings is 1. The Bertz CT molecular complexity index is 665. The van der Waals surface area contributed by atoms with Crippen molar-refractivity contribution < 1.29 is 4.42 Å². The molecule has 2 aromatic heterocycles. The molecule has 18 heavy (non-hydrogen) atoms. The number of hydrogen-bond donors (Lipinski definition) is 1. The average molecular weight is 238 g/mol. The van der Waals surface area contributed by atoms with Crippen LogP contribution in [0.4, 0.5) is 0 Å². The standard InChI is InChI=1S/C15H14N2O/c1-10-8-9-13(18-10)15-16-11(2)14(17-15)12-6-4-3-5-7-12/h3-9H,1-2H3,(H,16,17). The minimum Gasteiger partial charge on any atom is -0.458 e. The number of nitrogens with zero attached hydrogens (tertiary/aromatic N) is 1. The number of aryl methyl sites for hydroxylation is 2. The molecule has 90 valence electrons. The molecule has 0 aliphatic carbocycles. The van der Waals surface area contributed by atoms with Gasteiger partial charge in [0, 0.05) is 0 Å². The molecule has 0 spiro atoms. The molecule has 3 heteroatoms. The Labute approximate surface area is 105 Å². The van der Waals surface area contributed by atoms with Gasteiger partial charge in [0.1, 0.15) is 5.76 Å². The summed E-state index contributed by atoms with van der Waals surface area (Å²) < 4.78 is 5.58. The number of aromatic amines is 1. The van der Waals surface area contributed by atoms with E-state index in [2.05, 4.69) is 22.1 Å². The van der Waals surface area contributed by atoms with Crippen LogP contribution >= 0.6 is 0 Å². The monoisotopic (exact) mass is 238 g/mol. The van der Waals surface area contributed by atoms with Crippen molar-refractivity contribution in [3.8, 4) is 22.8 Å². The third-order valence-electron chi connectivity index (χ3n) is 2.92. The summed E-state index contributed by atoms with van der Waals surface area (Å²) in [6, 6.07) is 14.1. The molecular formula is C15H14N2O. The van der Waals surface area contributed by atoms with Gasteiger partial charge in [-0.3, -0.25) is 0 Å². The normalized spacial score (nSPS) is 10.8. The molecule has 0 amide bonds. The summed E-state index contributed by atoms with van der Waals surface area (Å²) in [4.78, 5) is 7.84. The summed E-state index contributed by atoms with van der Waals surface area (Å²) in [7, 11) is 0. The van der Waals surface area contributed by atoms with Crippen LogP contribution in [-0.4, -0.2) is 9.97 Å². The first kappa shape index (κ1) is 10.8. The van der Waals surface area contributed by atoms with Gasteiger partial charge >= 0.3 is 0 Å². The van der Waals surface area contributed by atoms with Crippen LogP contribution in [0.15, 0.2) is 46.9 Å². The van der Waals surface area contributed by atoms with Crippen LogP contribution in [0, 0.1) is 13.8 Å². The number of aromatic nitrogens is 2. The number of furan rings is 1. The summed E-state index contributed by atoms with van der Waals surface area (Å²) in [5, 5.41) is 0. The molecule has 3 nitrogen and oxygen atoms in total. The van der Waals surface area contributed by atoms with Gasteiger partial charge in [0.15, 0.2) is 11.6 Å². The molecular weight excluding hydrogens is 224 g/mol. The Morgan fingerprint density at radius 2 is 1.78 bits per heavy atom. The van der Waals surface area contributed by atoms with Crippen molar-refractivity contribution >= 4 is 0 Å². The van der Waals surface area contributed by atoms with Crippen molar-refractivity contribution in [3.63, 3.8) is 0 Å². The number of hydrogen-bond acceptors (Lipinski definition) is 2. The third kappa shape index (κ3) is 1.84. The highest BCUT2D eigenvalue weighted by Gasteiger charge is 2.11. The molecule has 0 saturated heterocycles. The van der Waals surface area contributed by atoms with Crippen LogP contribution in [0.5, 0.6) is 0 Å². The van der Waals surface area contributed by atoms with E-state index < -0.39 is 0 Å². The number of nitrogens with one attached hydrogen (secondary N) is 1. The minimum atomic E-state index is 0.776. The number of rotatable bonds is 2. The van der Waals surface area contributed by atoms with Crippen LogP contribution in [0.1, 0.15) is 11.5 Å². The van der Waals surface area contributed by atoms with Gasteiger partial charge in [-0.2, -0.15) is 0 Å². The molecule has 3 rings (SSSR count). The fourth-order valence-corrected chi connectivity index (χ4v) is 2.02. The van der Waals surface area contributed by atoms with Crippen LogP contribution in [0.3, 0.4) is 0 Å². The molecule has 0 aliphatic rings. The van der Waals surface area contributed by atoms with Crippen LogP contribution in [-0.2, 0) is 0 Å². The lowest BCUT2D eigenvalue weighted by Crippen LogP contribution is -1.79. The highest BCUT2D eigenvalue weighted by atomic mass is 16.3. The van der Waals surface area contributed by atoms with Gasteiger partial charge in [-0.05, 0) is 31.5 Å². The number of imidazole rings is 1. The number of H-pyrrole nitrogens is 1. The van der Waals surface area contributed by atoms with Crippen molar-refractivity contribution in [1.82, 2.24) is 9.97 Å². The molecule has 0 fully saturated rings. The maximum Gasteiger partial charge on any atom is 0.174 e. The third-order valence-corrected chi connectivity index (χ3v) is 2.92. The first-order valence-electron chi connectivity index (χ1n) is 5.93. The Balaban J connectivity index is 2.06. The lowest BCUT2D eigenvalue weighted by atomic mass is 10.1.